The van der Waals surface area contributed by atoms with Crippen LogP contribution in [0.15, 0.2) is 41.5 Å². The molecule has 1 aliphatic heterocycles. The predicted molar refractivity (Wildman–Crippen MR) is 97.6 cm³/mol. The van der Waals surface area contributed by atoms with Gasteiger partial charge in [-0.1, -0.05) is 30.3 Å². The maximum Gasteiger partial charge on any atom is 0.262 e. The smallest absolute Gasteiger partial charge is 0.262 e. The topological polar surface area (TPSA) is 44.1 Å². The van der Waals surface area contributed by atoms with Crippen LogP contribution in [0.25, 0.3) is 20.7 Å². The van der Waals surface area contributed by atoms with Crippen LogP contribution in [0.1, 0.15) is 18.4 Å². The van der Waals surface area contributed by atoms with Crippen LogP contribution < -0.4 is 5.56 Å². The highest BCUT2D eigenvalue weighted by molar-refractivity contribution is 7.22. The number of fused-ring (bicyclic) bond motifs is 1. The zero-order valence-electron chi connectivity index (χ0n) is 13.7. The Bertz CT molecular complexity index is 908. The zero-order chi connectivity index (χ0) is 16.5. The fraction of sp³-hybridized carbons (Fsp3) is 0.368. The molecule has 1 fully saturated rings. The van der Waals surface area contributed by atoms with Crippen LogP contribution in [0.2, 0.25) is 0 Å². The van der Waals surface area contributed by atoms with Gasteiger partial charge < -0.3 is 4.74 Å². The molecule has 0 bridgehead atoms. The number of aryl methyl sites for hydroxylation is 1. The molecule has 0 radical (unpaired) electrons. The van der Waals surface area contributed by atoms with Crippen molar-refractivity contribution in [3.05, 3.63) is 52.6 Å². The Labute approximate surface area is 144 Å². The largest absolute Gasteiger partial charge is 0.381 e. The maximum absolute atomic E-state index is 13.0. The summed E-state index contributed by atoms with van der Waals surface area (Å²) in [6.07, 6.45) is 3.75. The van der Waals surface area contributed by atoms with Gasteiger partial charge in [0.05, 0.1) is 11.7 Å². The minimum atomic E-state index is 0.0856. The molecule has 1 saturated heterocycles. The molecule has 0 saturated carbocycles. The van der Waals surface area contributed by atoms with E-state index in [2.05, 4.69) is 17.1 Å². The molecule has 0 aliphatic carbocycles. The van der Waals surface area contributed by atoms with E-state index >= 15 is 0 Å². The Kier molecular flexibility index (Phi) is 4.21. The summed E-state index contributed by atoms with van der Waals surface area (Å²) in [6.45, 7) is 4.36. The van der Waals surface area contributed by atoms with Gasteiger partial charge in [-0.25, -0.2) is 4.98 Å². The summed E-state index contributed by atoms with van der Waals surface area (Å²) in [4.78, 5) is 19.5. The van der Waals surface area contributed by atoms with Crippen molar-refractivity contribution in [3.8, 4) is 10.4 Å². The first-order valence-corrected chi connectivity index (χ1v) is 9.17. The average molecular weight is 340 g/mol. The second kappa shape index (κ2) is 6.49. The van der Waals surface area contributed by atoms with Crippen molar-refractivity contribution in [3.63, 3.8) is 0 Å². The maximum atomic E-state index is 13.0. The lowest BCUT2D eigenvalue weighted by molar-refractivity contribution is 0.0609. The Hall–Kier alpha value is -1.98. The Morgan fingerprint density at radius 3 is 2.75 bits per heavy atom. The third kappa shape index (κ3) is 2.78. The number of nitrogens with zero attached hydrogens (tertiary/aromatic N) is 2. The summed E-state index contributed by atoms with van der Waals surface area (Å²) in [5.41, 5.74) is 2.27. The summed E-state index contributed by atoms with van der Waals surface area (Å²) in [6, 6.07) is 10.2. The van der Waals surface area contributed by atoms with E-state index in [0.29, 0.717) is 5.92 Å². The van der Waals surface area contributed by atoms with Gasteiger partial charge in [-0.15, -0.1) is 11.3 Å². The highest BCUT2D eigenvalue weighted by atomic mass is 32.1. The zero-order valence-corrected chi connectivity index (χ0v) is 14.5. The normalized spacial score (nSPS) is 15.9. The van der Waals surface area contributed by atoms with Crippen LogP contribution in [0.5, 0.6) is 0 Å². The molecule has 3 aromatic rings. The van der Waals surface area contributed by atoms with Gasteiger partial charge >= 0.3 is 0 Å². The molecule has 5 heteroatoms. The minimum absolute atomic E-state index is 0.0856. The SMILES string of the molecule is Cc1c(-c2ccccc2)sc2ncn(CC3CCOCC3)c(=O)c12. The molecule has 1 aliphatic rings. The Balaban J connectivity index is 1.76. The van der Waals surface area contributed by atoms with E-state index in [-0.39, 0.29) is 5.56 Å². The van der Waals surface area contributed by atoms with Crippen LogP contribution in [0.3, 0.4) is 0 Å². The summed E-state index contributed by atoms with van der Waals surface area (Å²) < 4.78 is 7.19. The molecule has 3 heterocycles. The van der Waals surface area contributed by atoms with E-state index < -0.39 is 0 Å². The fourth-order valence-electron chi connectivity index (χ4n) is 3.36. The lowest BCUT2D eigenvalue weighted by Gasteiger charge is -2.22. The van der Waals surface area contributed by atoms with Crippen molar-refractivity contribution in [2.75, 3.05) is 13.2 Å². The second-order valence-corrected chi connectivity index (χ2v) is 7.36. The number of rotatable bonds is 3. The lowest BCUT2D eigenvalue weighted by Crippen LogP contribution is -2.27. The summed E-state index contributed by atoms with van der Waals surface area (Å²) in [5.74, 6) is 0.503. The molecule has 4 nitrogen and oxygen atoms in total. The number of aromatic nitrogens is 2. The average Bonchev–Trinajstić information content (AvgIpc) is 2.96. The Morgan fingerprint density at radius 2 is 2.00 bits per heavy atom. The van der Waals surface area contributed by atoms with E-state index in [1.165, 1.54) is 0 Å². The van der Waals surface area contributed by atoms with Crippen molar-refractivity contribution in [1.82, 2.24) is 9.55 Å². The van der Waals surface area contributed by atoms with Gasteiger partial charge in [0.25, 0.3) is 5.56 Å². The molecule has 0 unspecified atom stereocenters. The first kappa shape index (κ1) is 15.5. The van der Waals surface area contributed by atoms with Gasteiger partial charge in [-0.2, -0.15) is 0 Å². The van der Waals surface area contributed by atoms with Crippen LogP contribution >= 0.6 is 11.3 Å². The van der Waals surface area contributed by atoms with E-state index in [1.54, 1.807) is 22.2 Å². The minimum Gasteiger partial charge on any atom is -0.381 e. The number of thiophene rings is 1. The quantitative estimate of drug-likeness (QED) is 0.727. The van der Waals surface area contributed by atoms with Crippen molar-refractivity contribution in [1.29, 1.82) is 0 Å². The second-order valence-electron chi connectivity index (χ2n) is 6.36. The summed E-state index contributed by atoms with van der Waals surface area (Å²) in [5, 5.41) is 0.772. The number of hydrogen-bond donors (Lipinski definition) is 0. The van der Waals surface area contributed by atoms with Gasteiger partial charge in [0.15, 0.2) is 0 Å². The molecular weight excluding hydrogens is 320 g/mol. The van der Waals surface area contributed by atoms with E-state index in [9.17, 15) is 4.79 Å². The van der Waals surface area contributed by atoms with Gasteiger partial charge in [0.2, 0.25) is 0 Å². The van der Waals surface area contributed by atoms with Crippen LogP contribution in [0.4, 0.5) is 0 Å². The standard InChI is InChI=1S/C19H20N2O2S/c1-13-16-18(24-17(13)15-5-3-2-4-6-15)20-12-21(19(16)22)11-14-7-9-23-10-8-14/h2-6,12,14H,7-11H2,1H3. The number of benzene rings is 1. The molecule has 2 aromatic heterocycles. The third-order valence-electron chi connectivity index (χ3n) is 4.75. The van der Waals surface area contributed by atoms with Crippen molar-refractivity contribution >= 4 is 21.6 Å². The fourth-order valence-corrected chi connectivity index (χ4v) is 4.51. The molecule has 0 N–H and O–H groups in total. The molecule has 124 valence electrons. The number of hydrogen-bond acceptors (Lipinski definition) is 4. The highest BCUT2D eigenvalue weighted by Gasteiger charge is 2.18. The van der Waals surface area contributed by atoms with E-state index in [1.807, 2.05) is 25.1 Å². The molecule has 24 heavy (non-hydrogen) atoms. The van der Waals surface area contributed by atoms with E-state index in [4.69, 9.17) is 4.74 Å². The predicted octanol–water partition coefficient (Wildman–Crippen LogP) is 3.86. The summed E-state index contributed by atoms with van der Waals surface area (Å²) >= 11 is 1.60. The van der Waals surface area contributed by atoms with Crippen LogP contribution in [0, 0.1) is 12.8 Å². The molecule has 1 aromatic carbocycles. The van der Waals surface area contributed by atoms with Crippen molar-refractivity contribution < 1.29 is 4.74 Å². The van der Waals surface area contributed by atoms with Gasteiger partial charge in [-0.05, 0) is 36.8 Å². The Morgan fingerprint density at radius 1 is 1.25 bits per heavy atom. The molecule has 0 atom stereocenters. The molecular formula is C19H20N2O2S. The molecule has 0 amide bonds. The van der Waals surface area contributed by atoms with Gasteiger partial charge in [-0.3, -0.25) is 9.36 Å². The number of ether oxygens (including phenoxy) is 1. The molecule has 4 rings (SSSR count). The highest BCUT2D eigenvalue weighted by Crippen LogP contribution is 2.35. The third-order valence-corrected chi connectivity index (χ3v) is 6.00. The van der Waals surface area contributed by atoms with Crippen molar-refractivity contribution in [2.24, 2.45) is 5.92 Å². The van der Waals surface area contributed by atoms with Gasteiger partial charge in [0.1, 0.15) is 4.83 Å². The van der Waals surface area contributed by atoms with Crippen molar-refractivity contribution in [2.45, 2.75) is 26.3 Å². The monoisotopic (exact) mass is 340 g/mol. The van der Waals surface area contributed by atoms with Crippen LogP contribution in [-0.4, -0.2) is 22.8 Å². The first-order chi connectivity index (χ1) is 11.7. The molecule has 0 spiro atoms. The van der Waals surface area contributed by atoms with Crippen LogP contribution in [-0.2, 0) is 11.3 Å². The van der Waals surface area contributed by atoms with Gasteiger partial charge in [0, 0.05) is 24.6 Å². The lowest BCUT2D eigenvalue weighted by atomic mass is 10.0. The van der Waals surface area contributed by atoms with E-state index in [0.717, 1.165) is 58.8 Å². The first-order valence-electron chi connectivity index (χ1n) is 8.35. The summed E-state index contributed by atoms with van der Waals surface area (Å²) in [7, 11) is 0.